The summed E-state index contributed by atoms with van der Waals surface area (Å²) in [7, 11) is 4.93. The van der Waals surface area contributed by atoms with Crippen LogP contribution in [-0.2, 0) is 7.05 Å². The Bertz CT molecular complexity index is 930. The van der Waals surface area contributed by atoms with Crippen molar-refractivity contribution in [1.82, 2.24) is 9.78 Å². The highest BCUT2D eigenvalue weighted by Crippen LogP contribution is 2.32. The molecule has 0 unspecified atom stereocenters. The van der Waals surface area contributed by atoms with Crippen molar-refractivity contribution in [3.05, 3.63) is 59.8 Å². The monoisotopic (exact) mass is 351 g/mol. The summed E-state index contributed by atoms with van der Waals surface area (Å²) in [6.07, 6.45) is 0. The van der Waals surface area contributed by atoms with Gasteiger partial charge in [0.1, 0.15) is 17.2 Å². The molecule has 0 fully saturated rings. The molecule has 1 N–H and O–H groups in total. The third-order valence-electron chi connectivity index (χ3n) is 4.11. The highest BCUT2D eigenvalue weighted by Gasteiger charge is 2.17. The average molecular weight is 351 g/mol. The lowest BCUT2D eigenvalue weighted by Crippen LogP contribution is -2.15. The zero-order chi connectivity index (χ0) is 18.7. The Hall–Kier alpha value is -3.28. The molecule has 0 spiro atoms. The molecule has 0 aliphatic rings. The first-order chi connectivity index (χ1) is 12.5. The van der Waals surface area contributed by atoms with Crippen LogP contribution in [0.3, 0.4) is 0 Å². The molecule has 26 heavy (non-hydrogen) atoms. The summed E-state index contributed by atoms with van der Waals surface area (Å²) in [5, 5.41) is 7.34. The average Bonchev–Trinajstić information content (AvgIpc) is 3.04. The molecule has 2 aromatic carbocycles. The molecule has 0 bridgehead atoms. The van der Waals surface area contributed by atoms with Crippen LogP contribution in [0, 0.1) is 6.92 Å². The fourth-order valence-corrected chi connectivity index (χ4v) is 2.65. The van der Waals surface area contributed by atoms with Gasteiger partial charge in [-0.3, -0.25) is 9.48 Å². The Balaban J connectivity index is 1.89. The summed E-state index contributed by atoms with van der Waals surface area (Å²) in [5.74, 6) is 1.11. The van der Waals surface area contributed by atoms with Crippen molar-refractivity contribution in [3.63, 3.8) is 0 Å². The number of carbonyl (C=O) groups is 1. The summed E-state index contributed by atoms with van der Waals surface area (Å²) < 4.78 is 12.2. The van der Waals surface area contributed by atoms with E-state index in [1.165, 1.54) is 0 Å². The van der Waals surface area contributed by atoms with Crippen molar-refractivity contribution in [2.75, 3.05) is 19.5 Å². The van der Waals surface area contributed by atoms with Crippen LogP contribution >= 0.6 is 0 Å². The summed E-state index contributed by atoms with van der Waals surface area (Å²) >= 11 is 0. The molecule has 0 atom stereocenters. The van der Waals surface area contributed by atoms with Gasteiger partial charge in [-0.2, -0.15) is 5.10 Å². The van der Waals surface area contributed by atoms with Gasteiger partial charge in [-0.05, 0) is 37.3 Å². The molecular formula is C20H21N3O3. The number of benzene rings is 2. The molecule has 0 saturated heterocycles. The lowest BCUT2D eigenvalue weighted by molar-refractivity contribution is 0.101. The van der Waals surface area contributed by atoms with Gasteiger partial charge >= 0.3 is 0 Å². The van der Waals surface area contributed by atoms with Gasteiger partial charge in [0.05, 0.1) is 19.9 Å². The zero-order valence-electron chi connectivity index (χ0n) is 15.2. The molecule has 0 aliphatic carbocycles. The number of aromatic nitrogens is 2. The number of ether oxygens (including phenoxy) is 2. The first-order valence-corrected chi connectivity index (χ1v) is 8.16. The van der Waals surface area contributed by atoms with E-state index in [0.717, 1.165) is 16.8 Å². The van der Waals surface area contributed by atoms with Gasteiger partial charge in [0.25, 0.3) is 5.91 Å². The van der Waals surface area contributed by atoms with Crippen molar-refractivity contribution >= 4 is 11.6 Å². The number of rotatable bonds is 5. The van der Waals surface area contributed by atoms with Gasteiger partial charge in [-0.25, -0.2) is 0 Å². The van der Waals surface area contributed by atoms with Gasteiger partial charge < -0.3 is 14.8 Å². The quantitative estimate of drug-likeness (QED) is 0.762. The van der Waals surface area contributed by atoms with Crippen molar-refractivity contribution in [1.29, 1.82) is 0 Å². The van der Waals surface area contributed by atoms with E-state index in [4.69, 9.17) is 9.47 Å². The lowest BCUT2D eigenvalue weighted by Gasteiger charge is -2.08. The number of hydrogen-bond acceptors (Lipinski definition) is 4. The van der Waals surface area contributed by atoms with Crippen LogP contribution in [0.15, 0.2) is 48.5 Å². The molecule has 1 heterocycles. The largest absolute Gasteiger partial charge is 0.497 e. The van der Waals surface area contributed by atoms with Crippen LogP contribution in [0.2, 0.25) is 0 Å². The zero-order valence-corrected chi connectivity index (χ0v) is 15.2. The number of carbonyl (C=O) groups excluding carboxylic acids is 1. The second-order valence-corrected chi connectivity index (χ2v) is 5.92. The molecule has 3 aromatic rings. The van der Waals surface area contributed by atoms with Crippen LogP contribution < -0.4 is 14.8 Å². The molecule has 6 heteroatoms. The molecule has 0 radical (unpaired) electrons. The van der Waals surface area contributed by atoms with Gasteiger partial charge in [-0.1, -0.05) is 17.7 Å². The Morgan fingerprint density at radius 3 is 2.42 bits per heavy atom. The first kappa shape index (κ1) is 17.5. The maximum atomic E-state index is 12.6. The molecule has 6 nitrogen and oxygen atoms in total. The van der Waals surface area contributed by atoms with Crippen molar-refractivity contribution in [2.45, 2.75) is 6.92 Å². The van der Waals surface area contributed by atoms with Gasteiger partial charge in [0.15, 0.2) is 0 Å². The maximum Gasteiger partial charge on any atom is 0.273 e. The Morgan fingerprint density at radius 2 is 1.77 bits per heavy atom. The van der Waals surface area contributed by atoms with Crippen molar-refractivity contribution in [3.8, 4) is 22.8 Å². The fourth-order valence-electron chi connectivity index (χ4n) is 2.65. The van der Waals surface area contributed by atoms with E-state index in [0.29, 0.717) is 22.9 Å². The van der Waals surface area contributed by atoms with Crippen molar-refractivity contribution < 1.29 is 14.3 Å². The van der Waals surface area contributed by atoms with Crippen LogP contribution in [0.4, 0.5) is 5.69 Å². The highest BCUT2D eigenvalue weighted by atomic mass is 16.5. The molecule has 134 valence electrons. The second-order valence-electron chi connectivity index (χ2n) is 5.92. The van der Waals surface area contributed by atoms with Crippen LogP contribution in [0.25, 0.3) is 11.3 Å². The molecular weight excluding hydrogens is 330 g/mol. The first-order valence-electron chi connectivity index (χ1n) is 8.16. The number of hydrogen-bond donors (Lipinski definition) is 1. The van der Waals surface area contributed by atoms with E-state index in [-0.39, 0.29) is 5.91 Å². The predicted octanol–water partition coefficient (Wildman–Crippen LogP) is 3.67. The molecule has 3 rings (SSSR count). The number of methoxy groups -OCH3 is 2. The number of nitrogens with one attached hydrogen (secondary N) is 1. The van der Waals surface area contributed by atoms with Crippen LogP contribution in [0.5, 0.6) is 11.5 Å². The third kappa shape index (κ3) is 3.54. The number of anilines is 1. The van der Waals surface area contributed by atoms with E-state index in [9.17, 15) is 4.79 Å². The topological polar surface area (TPSA) is 65.4 Å². The van der Waals surface area contributed by atoms with E-state index < -0.39 is 0 Å². The second kappa shape index (κ2) is 7.31. The third-order valence-corrected chi connectivity index (χ3v) is 4.11. The lowest BCUT2D eigenvalue weighted by atomic mass is 10.1. The number of aryl methyl sites for hydroxylation is 2. The molecule has 1 aromatic heterocycles. The number of amides is 1. The normalized spacial score (nSPS) is 10.5. The minimum absolute atomic E-state index is 0.220. The molecule has 0 aliphatic heterocycles. The van der Waals surface area contributed by atoms with E-state index in [2.05, 4.69) is 10.4 Å². The Labute approximate surface area is 152 Å². The summed E-state index contributed by atoms with van der Waals surface area (Å²) in [5.41, 5.74) is 3.78. The van der Waals surface area contributed by atoms with Gasteiger partial charge in [-0.15, -0.1) is 0 Å². The predicted molar refractivity (Wildman–Crippen MR) is 101 cm³/mol. The van der Waals surface area contributed by atoms with Crippen molar-refractivity contribution in [2.24, 2.45) is 7.05 Å². The number of nitrogens with zero attached hydrogens (tertiary/aromatic N) is 2. The fraction of sp³-hybridized carbons (Fsp3) is 0.200. The van der Waals surface area contributed by atoms with Crippen LogP contribution in [0.1, 0.15) is 16.1 Å². The Kier molecular flexibility index (Phi) is 4.93. The molecule has 1 amide bonds. The standard InChI is InChI=1S/C20H21N3O3/c1-13-5-7-14(8-6-13)21-20(24)18-12-17(22-23(18)2)16-10-9-15(25-3)11-19(16)26-4/h5-12H,1-4H3,(H,21,24). The molecule has 0 saturated carbocycles. The van der Waals surface area contributed by atoms with E-state index >= 15 is 0 Å². The smallest absolute Gasteiger partial charge is 0.273 e. The minimum atomic E-state index is -0.220. The van der Waals surface area contributed by atoms with E-state index in [1.54, 1.807) is 38.1 Å². The minimum Gasteiger partial charge on any atom is -0.497 e. The van der Waals surface area contributed by atoms with E-state index in [1.807, 2.05) is 43.3 Å². The highest BCUT2D eigenvalue weighted by molar-refractivity contribution is 6.03. The van der Waals surface area contributed by atoms with Gasteiger partial charge in [0.2, 0.25) is 0 Å². The van der Waals surface area contributed by atoms with Gasteiger partial charge in [0, 0.05) is 24.4 Å². The Morgan fingerprint density at radius 1 is 1.04 bits per heavy atom. The summed E-state index contributed by atoms with van der Waals surface area (Å²) in [6, 6.07) is 14.9. The SMILES string of the molecule is COc1ccc(-c2cc(C(=O)Nc3ccc(C)cc3)n(C)n2)c(OC)c1. The maximum absolute atomic E-state index is 12.6. The van der Waals surface area contributed by atoms with Crippen LogP contribution in [-0.4, -0.2) is 29.9 Å². The summed E-state index contributed by atoms with van der Waals surface area (Å²) in [6.45, 7) is 2.00. The summed E-state index contributed by atoms with van der Waals surface area (Å²) in [4.78, 5) is 12.6.